The first-order valence-electron chi connectivity index (χ1n) is 4.73. The van der Waals surface area contributed by atoms with E-state index in [4.69, 9.17) is 4.74 Å². The van der Waals surface area contributed by atoms with E-state index in [0.29, 0.717) is 0 Å². The van der Waals surface area contributed by atoms with Gasteiger partial charge in [-0.2, -0.15) is 12.6 Å². The molecule has 0 heterocycles. The fraction of sp³-hybridized carbons (Fsp3) is 0.455. The van der Waals surface area contributed by atoms with Crippen LogP contribution in [0.3, 0.4) is 0 Å². The Bertz CT molecular complexity index is 289. The number of methoxy groups -OCH3 is 1. The second-order valence-corrected chi connectivity index (χ2v) is 3.65. The predicted molar refractivity (Wildman–Crippen MR) is 63.3 cm³/mol. The molecule has 1 aromatic carbocycles. The van der Waals surface area contributed by atoms with Crippen molar-refractivity contribution < 1.29 is 4.74 Å². The van der Waals surface area contributed by atoms with Crippen LogP contribution in [0.4, 0.5) is 0 Å². The van der Waals surface area contributed by atoms with Crippen LogP contribution in [0.2, 0.25) is 0 Å². The number of ether oxygens (including phenoxy) is 1. The summed E-state index contributed by atoms with van der Waals surface area (Å²) in [5.41, 5.74) is 2.46. The van der Waals surface area contributed by atoms with E-state index in [1.54, 1.807) is 7.11 Å². The van der Waals surface area contributed by atoms with Gasteiger partial charge in [-0.15, -0.1) is 0 Å². The maximum atomic E-state index is 5.19. The van der Waals surface area contributed by atoms with Crippen molar-refractivity contribution in [1.82, 2.24) is 5.32 Å². The van der Waals surface area contributed by atoms with Crippen LogP contribution >= 0.6 is 12.6 Å². The van der Waals surface area contributed by atoms with E-state index >= 15 is 0 Å². The average Bonchev–Trinajstić information content (AvgIpc) is 2.18. The fourth-order valence-corrected chi connectivity index (χ4v) is 1.52. The number of nitrogens with one attached hydrogen (secondary N) is 1. The van der Waals surface area contributed by atoms with E-state index in [2.05, 4.69) is 37.0 Å². The molecule has 0 aliphatic carbocycles. The molecule has 0 atom stereocenters. The van der Waals surface area contributed by atoms with Gasteiger partial charge in [0.05, 0.1) is 7.11 Å². The Morgan fingerprint density at radius 1 is 1.43 bits per heavy atom. The number of thiol groups is 1. The third kappa shape index (κ3) is 3.24. The van der Waals surface area contributed by atoms with Gasteiger partial charge in [0.2, 0.25) is 0 Å². The molecule has 14 heavy (non-hydrogen) atoms. The van der Waals surface area contributed by atoms with E-state index in [0.717, 1.165) is 24.6 Å². The molecule has 0 saturated carbocycles. The topological polar surface area (TPSA) is 21.3 Å². The smallest absolute Gasteiger partial charge is 0.121 e. The summed E-state index contributed by atoms with van der Waals surface area (Å²) in [5.74, 6) is 1.82. The summed E-state index contributed by atoms with van der Waals surface area (Å²) in [7, 11) is 1.70. The van der Waals surface area contributed by atoms with Gasteiger partial charge in [-0.05, 0) is 24.1 Å². The molecule has 3 heteroatoms. The fourth-order valence-electron chi connectivity index (χ4n) is 1.36. The van der Waals surface area contributed by atoms with Crippen molar-refractivity contribution in [2.24, 2.45) is 0 Å². The van der Waals surface area contributed by atoms with E-state index in [-0.39, 0.29) is 0 Å². The normalized spacial score (nSPS) is 10.2. The largest absolute Gasteiger partial charge is 0.496 e. The molecule has 1 N–H and O–H groups in total. The van der Waals surface area contributed by atoms with Gasteiger partial charge in [0, 0.05) is 18.8 Å². The molecule has 0 radical (unpaired) electrons. The van der Waals surface area contributed by atoms with Crippen molar-refractivity contribution in [3.05, 3.63) is 29.3 Å². The Morgan fingerprint density at radius 3 is 2.79 bits per heavy atom. The highest BCUT2D eigenvalue weighted by Gasteiger charge is 1.98. The molecule has 0 aliphatic heterocycles. The Hall–Kier alpha value is -0.670. The van der Waals surface area contributed by atoms with E-state index in [1.807, 2.05) is 6.07 Å². The summed E-state index contributed by atoms with van der Waals surface area (Å²) in [6, 6.07) is 6.23. The molecular weight excluding hydrogens is 194 g/mol. The van der Waals surface area contributed by atoms with Crippen LogP contribution < -0.4 is 10.1 Å². The van der Waals surface area contributed by atoms with Crippen molar-refractivity contribution in [2.75, 3.05) is 19.4 Å². The molecule has 2 nitrogen and oxygen atoms in total. The van der Waals surface area contributed by atoms with Crippen LogP contribution in [0.15, 0.2) is 18.2 Å². The molecule has 78 valence electrons. The van der Waals surface area contributed by atoms with Gasteiger partial charge in [0.1, 0.15) is 5.75 Å². The quantitative estimate of drug-likeness (QED) is 0.574. The number of hydrogen-bond acceptors (Lipinski definition) is 3. The number of hydrogen-bond donors (Lipinski definition) is 2. The first kappa shape index (κ1) is 11.4. The minimum absolute atomic E-state index is 0.870. The van der Waals surface area contributed by atoms with Crippen LogP contribution in [0, 0.1) is 6.92 Å². The van der Waals surface area contributed by atoms with Crippen LogP contribution in [-0.4, -0.2) is 19.4 Å². The number of aryl methyl sites for hydroxylation is 1. The minimum atomic E-state index is 0.870. The molecule has 0 spiro atoms. The first-order chi connectivity index (χ1) is 6.77. The number of rotatable bonds is 5. The lowest BCUT2D eigenvalue weighted by atomic mass is 10.1. The Kier molecular flexibility index (Phi) is 4.84. The van der Waals surface area contributed by atoms with Gasteiger partial charge >= 0.3 is 0 Å². The molecule has 0 bridgehead atoms. The van der Waals surface area contributed by atoms with Gasteiger partial charge in [-0.25, -0.2) is 0 Å². The van der Waals surface area contributed by atoms with Crippen molar-refractivity contribution in [3.63, 3.8) is 0 Å². The summed E-state index contributed by atoms with van der Waals surface area (Å²) in [4.78, 5) is 0. The summed E-state index contributed by atoms with van der Waals surface area (Å²) in [6.07, 6.45) is 0. The minimum Gasteiger partial charge on any atom is -0.496 e. The molecule has 0 saturated heterocycles. The van der Waals surface area contributed by atoms with Crippen molar-refractivity contribution in [1.29, 1.82) is 0 Å². The molecule has 0 unspecified atom stereocenters. The third-order valence-corrected chi connectivity index (χ3v) is 2.30. The second-order valence-electron chi connectivity index (χ2n) is 3.20. The van der Waals surface area contributed by atoms with Crippen LogP contribution in [0.5, 0.6) is 5.75 Å². The third-order valence-electron chi connectivity index (χ3n) is 2.08. The molecule has 1 rings (SSSR count). The Labute approximate surface area is 91.1 Å². The first-order valence-corrected chi connectivity index (χ1v) is 5.36. The zero-order valence-corrected chi connectivity index (χ0v) is 9.60. The Morgan fingerprint density at radius 2 is 2.21 bits per heavy atom. The molecule has 0 aliphatic rings. The van der Waals surface area contributed by atoms with Gasteiger partial charge in [0.15, 0.2) is 0 Å². The molecule has 0 fully saturated rings. The van der Waals surface area contributed by atoms with Crippen LogP contribution in [0.1, 0.15) is 11.1 Å². The number of benzene rings is 1. The summed E-state index contributed by atoms with van der Waals surface area (Å²) >= 11 is 4.14. The van der Waals surface area contributed by atoms with Gasteiger partial charge in [0.25, 0.3) is 0 Å². The Balaban J connectivity index is 2.57. The second kappa shape index (κ2) is 5.94. The van der Waals surface area contributed by atoms with Crippen LogP contribution in [-0.2, 0) is 6.54 Å². The zero-order valence-electron chi connectivity index (χ0n) is 8.71. The van der Waals surface area contributed by atoms with Gasteiger partial charge in [-0.3, -0.25) is 0 Å². The maximum absolute atomic E-state index is 5.19. The zero-order chi connectivity index (χ0) is 10.4. The van der Waals surface area contributed by atoms with E-state index in [9.17, 15) is 0 Å². The van der Waals surface area contributed by atoms with E-state index in [1.165, 1.54) is 11.1 Å². The highest BCUT2D eigenvalue weighted by atomic mass is 32.1. The molecular formula is C11H17NOS. The van der Waals surface area contributed by atoms with Crippen molar-refractivity contribution >= 4 is 12.6 Å². The van der Waals surface area contributed by atoms with Gasteiger partial charge < -0.3 is 10.1 Å². The van der Waals surface area contributed by atoms with Crippen molar-refractivity contribution in [2.45, 2.75) is 13.5 Å². The van der Waals surface area contributed by atoms with Crippen molar-refractivity contribution in [3.8, 4) is 5.75 Å². The van der Waals surface area contributed by atoms with E-state index < -0.39 is 0 Å². The molecule has 1 aromatic rings. The monoisotopic (exact) mass is 211 g/mol. The van der Waals surface area contributed by atoms with Gasteiger partial charge in [-0.1, -0.05) is 12.1 Å². The molecule has 0 amide bonds. The standard InChI is InChI=1S/C11H17NOS/c1-9-7-10(8-12-5-6-14)3-4-11(9)13-2/h3-4,7,12,14H,5-6,8H2,1-2H3. The lowest BCUT2D eigenvalue weighted by Crippen LogP contribution is -2.15. The summed E-state index contributed by atoms with van der Waals surface area (Å²) in [6.45, 7) is 3.89. The summed E-state index contributed by atoms with van der Waals surface area (Å²) < 4.78 is 5.19. The van der Waals surface area contributed by atoms with Crippen LogP contribution in [0.25, 0.3) is 0 Å². The molecule has 0 aromatic heterocycles. The highest BCUT2D eigenvalue weighted by Crippen LogP contribution is 2.18. The lowest BCUT2D eigenvalue weighted by Gasteiger charge is -2.07. The average molecular weight is 211 g/mol. The maximum Gasteiger partial charge on any atom is 0.121 e. The predicted octanol–water partition coefficient (Wildman–Crippen LogP) is 2.02. The SMILES string of the molecule is COc1ccc(CNCCS)cc1C. The summed E-state index contributed by atoms with van der Waals surface area (Å²) in [5, 5.41) is 3.30. The lowest BCUT2D eigenvalue weighted by molar-refractivity contribution is 0.411. The highest BCUT2D eigenvalue weighted by molar-refractivity contribution is 7.80.